The van der Waals surface area contributed by atoms with Crippen LogP contribution in [0.15, 0.2) is 24.3 Å². The summed E-state index contributed by atoms with van der Waals surface area (Å²) in [4.78, 5) is 10.9. The number of hydrogen-bond donors (Lipinski definition) is 1. The SMILES string of the molecule is CCCc1ccc(C2C(C)C2C(=O)O)cc1. The molecule has 1 aliphatic rings. The minimum Gasteiger partial charge on any atom is -0.481 e. The van der Waals surface area contributed by atoms with Gasteiger partial charge in [0.1, 0.15) is 0 Å². The lowest BCUT2D eigenvalue weighted by atomic mass is 10.0. The Bertz CT molecular complexity index is 380. The van der Waals surface area contributed by atoms with Crippen LogP contribution in [0.2, 0.25) is 0 Å². The van der Waals surface area contributed by atoms with Gasteiger partial charge in [0, 0.05) is 5.92 Å². The first kappa shape index (κ1) is 11.2. The van der Waals surface area contributed by atoms with Crippen LogP contribution in [-0.4, -0.2) is 11.1 Å². The molecule has 3 atom stereocenters. The molecule has 1 fully saturated rings. The van der Waals surface area contributed by atoms with E-state index in [1.165, 1.54) is 11.1 Å². The molecule has 2 rings (SSSR count). The third kappa shape index (κ3) is 1.97. The summed E-state index contributed by atoms with van der Waals surface area (Å²) >= 11 is 0. The van der Waals surface area contributed by atoms with Crippen LogP contribution in [0.3, 0.4) is 0 Å². The second-order valence-electron chi connectivity index (χ2n) is 4.74. The van der Waals surface area contributed by atoms with Crippen molar-refractivity contribution in [2.45, 2.75) is 32.6 Å². The van der Waals surface area contributed by atoms with Gasteiger partial charge in [-0.2, -0.15) is 0 Å². The Balaban J connectivity index is 2.09. The average Bonchev–Trinajstić information content (AvgIpc) is 2.92. The molecule has 86 valence electrons. The molecule has 0 bridgehead atoms. The van der Waals surface area contributed by atoms with E-state index in [-0.39, 0.29) is 17.8 Å². The van der Waals surface area contributed by atoms with E-state index < -0.39 is 5.97 Å². The third-order valence-electron chi connectivity index (χ3n) is 3.57. The van der Waals surface area contributed by atoms with Crippen molar-refractivity contribution < 1.29 is 9.90 Å². The van der Waals surface area contributed by atoms with Crippen LogP contribution < -0.4 is 0 Å². The van der Waals surface area contributed by atoms with E-state index in [0.29, 0.717) is 0 Å². The number of aliphatic carboxylic acids is 1. The number of aryl methyl sites for hydroxylation is 1. The first-order valence-electron chi connectivity index (χ1n) is 5.96. The summed E-state index contributed by atoms with van der Waals surface area (Å²) in [6, 6.07) is 8.44. The van der Waals surface area contributed by atoms with Gasteiger partial charge in [-0.25, -0.2) is 0 Å². The second kappa shape index (κ2) is 4.28. The van der Waals surface area contributed by atoms with Crippen LogP contribution in [0, 0.1) is 11.8 Å². The van der Waals surface area contributed by atoms with Gasteiger partial charge in [-0.15, -0.1) is 0 Å². The summed E-state index contributed by atoms with van der Waals surface area (Å²) in [5.74, 6) is -0.310. The molecule has 0 spiro atoms. The Labute approximate surface area is 96.3 Å². The average molecular weight is 218 g/mol. The molecular formula is C14H18O2. The Morgan fingerprint density at radius 2 is 1.94 bits per heavy atom. The summed E-state index contributed by atoms with van der Waals surface area (Å²) < 4.78 is 0. The molecule has 2 heteroatoms. The van der Waals surface area contributed by atoms with Crippen LogP contribution in [0.1, 0.15) is 37.3 Å². The topological polar surface area (TPSA) is 37.3 Å². The highest BCUT2D eigenvalue weighted by molar-refractivity contribution is 5.76. The van der Waals surface area contributed by atoms with E-state index in [4.69, 9.17) is 5.11 Å². The molecule has 0 heterocycles. The van der Waals surface area contributed by atoms with Crippen molar-refractivity contribution in [3.63, 3.8) is 0 Å². The van der Waals surface area contributed by atoms with Gasteiger partial charge in [0.05, 0.1) is 5.92 Å². The molecule has 0 aromatic heterocycles. The molecule has 1 saturated carbocycles. The number of carboxylic acid groups (broad SMARTS) is 1. The van der Waals surface area contributed by atoms with Gasteiger partial charge in [0.25, 0.3) is 0 Å². The fourth-order valence-electron chi connectivity index (χ4n) is 2.55. The number of rotatable bonds is 4. The molecule has 1 N–H and O–H groups in total. The largest absolute Gasteiger partial charge is 0.481 e. The van der Waals surface area contributed by atoms with Crippen molar-refractivity contribution in [1.82, 2.24) is 0 Å². The fourth-order valence-corrected chi connectivity index (χ4v) is 2.55. The van der Waals surface area contributed by atoms with Crippen molar-refractivity contribution >= 4 is 5.97 Å². The Morgan fingerprint density at radius 3 is 2.38 bits per heavy atom. The molecule has 1 aliphatic carbocycles. The van der Waals surface area contributed by atoms with Gasteiger partial charge in [-0.05, 0) is 23.5 Å². The predicted octanol–water partition coefficient (Wildman–Crippen LogP) is 3.07. The summed E-state index contributed by atoms with van der Waals surface area (Å²) in [5.41, 5.74) is 2.52. The van der Waals surface area contributed by atoms with Crippen LogP contribution in [0.25, 0.3) is 0 Å². The molecule has 3 unspecified atom stereocenters. The van der Waals surface area contributed by atoms with E-state index in [0.717, 1.165) is 12.8 Å². The zero-order valence-corrected chi connectivity index (χ0v) is 9.81. The molecule has 2 nitrogen and oxygen atoms in total. The van der Waals surface area contributed by atoms with Crippen molar-refractivity contribution in [3.8, 4) is 0 Å². The molecule has 0 amide bonds. The smallest absolute Gasteiger partial charge is 0.307 e. The maximum Gasteiger partial charge on any atom is 0.307 e. The molecule has 16 heavy (non-hydrogen) atoms. The van der Waals surface area contributed by atoms with Crippen molar-refractivity contribution in [3.05, 3.63) is 35.4 Å². The van der Waals surface area contributed by atoms with E-state index in [1.54, 1.807) is 0 Å². The Hall–Kier alpha value is -1.31. The van der Waals surface area contributed by atoms with Crippen LogP contribution >= 0.6 is 0 Å². The third-order valence-corrected chi connectivity index (χ3v) is 3.57. The lowest BCUT2D eigenvalue weighted by Gasteiger charge is -2.02. The molecule has 1 aromatic carbocycles. The maximum atomic E-state index is 10.9. The highest BCUT2D eigenvalue weighted by Gasteiger charge is 2.52. The molecule has 1 aromatic rings. The van der Waals surface area contributed by atoms with Crippen molar-refractivity contribution in [2.75, 3.05) is 0 Å². The predicted molar refractivity (Wildman–Crippen MR) is 63.5 cm³/mol. The van der Waals surface area contributed by atoms with Crippen molar-refractivity contribution in [2.24, 2.45) is 11.8 Å². The molecule has 0 aliphatic heterocycles. The zero-order chi connectivity index (χ0) is 11.7. The highest BCUT2D eigenvalue weighted by atomic mass is 16.4. The molecule has 0 saturated heterocycles. The minimum atomic E-state index is -0.657. The van der Waals surface area contributed by atoms with E-state index >= 15 is 0 Å². The summed E-state index contributed by atoms with van der Waals surface area (Å²) in [5, 5.41) is 8.99. The maximum absolute atomic E-state index is 10.9. The second-order valence-corrected chi connectivity index (χ2v) is 4.74. The zero-order valence-electron chi connectivity index (χ0n) is 9.81. The van der Waals surface area contributed by atoms with E-state index in [2.05, 4.69) is 31.2 Å². The Kier molecular flexibility index (Phi) is 2.99. The van der Waals surface area contributed by atoms with Gasteiger partial charge in [0.15, 0.2) is 0 Å². The lowest BCUT2D eigenvalue weighted by Crippen LogP contribution is -1.99. The van der Waals surface area contributed by atoms with Gasteiger partial charge in [-0.3, -0.25) is 4.79 Å². The quantitative estimate of drug-likeness (QED) is 0.843. The van der Waals surface area contributed by atoms with E-state index in [9.17, 15) is 4.79 Å². The monoisotopic (exact) mass is 218 g/mol. The van der Waals surface area contributed by atoms with Crippen LogP contribution in [0.4, 0.5) is 0 Å². The van der Waals surface area contributed by atoms with Gasteiger partial charge < -0.3 is 5.11 Å². The molecule has 0 radical (unpaired) electrons. The fraction of sp³-hybridized carbons (Fsp3) is 0.500. The highest BCUT2D eigenvalue weighted by Crippen LogP contribution is 2.53. The van der Waals surface area contributed by atoms with Gasteiger partial charge >= 0.3 is 5.97 Å². The standard InChI is InChI=1S/C14H18O2/c1-3-4-10-5-7-11(8-6-10)12-9(2)13(12)14(15)16/h5-9,12-13H,3-4H2,1-2H3,(H,15,16). The number of hydrogen-bond acceptors (Lipinski definition) is 1. The number of carboxylic acids is 1. The van der Waals surface area contributed by atoms with E-state index in [1.807, 2.05) is 6.92 Å². The van der Waals surface area contributed by atoms with Gasteiger partial charge in [-0.1, -0.05) is 44.5 Å². The first-order chi connectivity index (χ1) is 7.65. The first-order valence-corrected chi connectivity index (χ1v) is 5.96. The minimum absolute atomic E-state index is 0.169. The summed E-state index contributed by atoms with van der Waals surface area (Å²) in [6.45, 7) is 4.18. The molecular weight excluding hydrogens is 200 g/mol. The van der Waals surface area contributed by atoms with Crippen molar-refractivity contribution in [1.29, 1.82) is 0 Å². The lowest BCUT2D eigenvalue weighted by molar-refractivity contribution is -0.138. The van der Waals surface area contributed by atoms with Crippen LogP contribution in [0.5, 0.6) is 0 Å². The van der Waals surface area contributed by atoms with Gasteiger partial charge in [0.2, 0.25) is 0 Å². The summed E-state index contributed by atoms with van der Waals surface area (Å²) in [7, 11) is 0. The normalized spacial score (nSPS) is 27.8. The summed E-state index contributed by atoms with van der Waals surface area (Å²) in [6.07, 6.45) is 2.25. The number of carbonyl (C=O) groups is 1. The van der Waals surface area contributed by atoms with Crippen LogP contribution in [-0.2, 0) is 11.2 Å². The Morgan fingerprint density at radius 1 is 1.31 bits per heavy atom. The number of benzene rings is 1.